The quantitative estimate of drug-likeness (QED) is 0.853. The van der Waals surface area contributed by atoms with Crippen molar-refractivity contribution in [1.29, 1.82) is 0 Å². The third kappa shape index (κ3) is 5.11. The fraction of sp³-hybridized carbons (Fsp3) is 0.632. The topological polar surface area (TPSA) is 44.4 Å². The maximum absolute atomic E-state index is 13.6. The van der Waals surface area contributed by atoms with Crippen LogP contribution >= 0.6 is 11.8 Å². The van der Waals surface area contributed by atoms with Crippen molar-refractivity contribution in [2.75, 3.05) is 25.4 Å². The number of nitrogens with zero attached hydrogens (tertiary/aromatic N) is 1. The second kappa shape index (κ2) is 8.41. The number of urea groups is 1. The van der Waals surface area contributed by atoms with E-state index >= 15 is 0 Å². The zero-order valence-electron chi connectivity index (χ0n) is 15.1. The van der Waals surface area contributed by atoms with Crippen molar-refractivity contribution in [2.45, 2.75) is 50.1 Å². The highest BCUT2D eigenvalue weighted by Gasteiger charge is 2.25. The summed E-state index contributed by atoms with van der Waals surface area (Å²) in [6, 6.07) is 4.84. The van der Waals surface area contributed by atoms with E-state index in [0.29, 0.717) is 5.92 Å². The molecular formula is C19H28FN3OS. The number of rotatable bonds is 4. The van der Waals surface area contributed by atoms with Gasteiger partial charge in [-0.2, -0.15) is 0 Å². The molecule has 1 atom stereocenters. The normalized spacial score (nSPS) is 21.8. The molecule has 2 heterocycles. The van der Waals surface area contributed by atoms with Crippen LogP contribution in [0, 0.1) is 11.7 Å². The van der Waals surface area contributed by atoms with Gasteiger partial charge in [-0.05, 0) is 48.9 Å². The van der Waals surface area contributed by atoms with Crippen LogP contribution in [0.3, 0.4) is 0 Å². The Kier molecular flexibility index (Phi) is 6.23. The Hall–Kier alpha value is -1.27. The number of fused-ring (bicyclic) bond motifs is 1. The van der Waals surface area contributed by atoms with Crippen molar-refractivity contribution >= 4 is 17.8 Å². The molecule has 0 aliphatic carbocycles. The number of piperidine rings is 1. The van der Waals surface area contributed by atoms with Gasteiger partial charge in [-0.25, -0.2) is 9.18 Å². The number of amides is 2. The number of thioether (sulfide) groups is 1. The first-order valence-electron chi connectivity index (χ1n) is 9.23. The van der Waals surface area contributed by atoms with Gasteiger partial charge in [-0.3, -0.25) is 0 Å². The fourth-order valence-electron chi connectivity index (χ4n) is 3.68. The molecule has 0 aromatic heterocycles. The SMILES string of the molecule is CC(C)CN1CCC(NC(=O)NC2CCSc3ccc(F)cc32)CC1. The molecule has 0 saturated carbocycles. The van der Waals surface area contributed by atoms with E-state index in [1.165, 1.54) is 6.07 Å². The van der Waals surface area contributed by atoms with E-state index in [1.807, 2.05) is 6.07 Å². The van der Waals surface area contributed by atoms with E-state index in [0.717, 1.165) is 55.1 Å². The Bertz CT molecular complexity index is 602. The molecule has 0 radical (unpaired) electrons. The number of likely N-dealkylation sites (tertiary alicyclic amines) is 1. The highest BCUT2D eigenvalue weighted by Crippen LogP contribution is 2.36. The first kappa shape index (κ1) is 18.5. The molecule has 1 saturated heterocycles. The predicted molar refractivity (Wildman–Crippen MR) is 100 cm³/mol. The zero-order chi connectivity index (χ0) is 17.8. The van der Waals surface area contributed by atoms with Crippen LogP contribution in [0.25, 0.3) is 0 Å². The third-order valence-electron chi connectivity index (χ3n) is 4.86. The molecule has 25 heavy (non-hydrogen) atoms. The maximum atomic E-state index is 13.6. The number of hydrogen-bond acceptors (Lipinski definition) is 3. The molecule has 138 valence electrons. The van der Waals surface area contributed by atoms with Gasteiger partial charge in [-0.1, -0.05) is 13.8 Å². The average molecular weight is 366 g/mol. The van der Waals surface area contributed by atoms with Crippen molar-refractivity contribution in [3.05, 3.63) is 29.6 Å². The monoisotopic (exact) mass is 365 g/mol. The van der Waals surface area contributed by atoms with Gasteiger partial charge in [0.1, 0.15) is 5.82 Å². The average Bonchev–Trinajstić information content (AvgIpc) is 2.57. The highest BCUT2D eigenvalue weighted by atomic mass is 32.2. The highest BCUT2D eigenvalue weighted by molar-refractivity contribution is 7.99. The summed E-state index contributed by atoms with van der Waals surface area (Å²) in [4.78, 5) is 15.9. The van der Waals surface area contributed by atoms with Gasteiger partial charge in [0.15, 0.2) is 0 Å². The van der Waals surface area contributed by atoms with Gasteiger partial charge in [0.25, 0.3) is 0 Å². The molecular weight excluding hydrogens is 337 g/mol. The molecule has 2 aliphatic rings. The van der Waals surface area contributed by atoms with Gasteiger partial charge in [0, 0.05) is 36.3 Å². The zero-order valence-corrected chi connectivity index (χ0v) is 15.9. The number of carbonyl (C=O) groups is 1. The molecule has 1 unspecified atom stereocenters. The van der Waals surface area contributed by atoms with Crippen LogP contribution in [0.15, 0.2) is 23.1 Å². The fourth-order valence-corrected chi connectivity index (χ4v) is 4.78. The summed E-state index contributed by atoms with van der Waals surface area (Å²) in [5.74, 6) is 1.38. The number of nitrogens with one attached hydrogen (secondary N) is 2. The molecule has 2 amide bonds. The minimum atomic E-state index is -0.244. The summed E-state index contributed by atoms with van der Waals surface area (Å²) in [6.07, 6.45) is 2.82. The lowest BCUT2D eigenvalue weighted by molar-refractivity contribution is 0.177. The third-order valence-corrected chi connectivity index (χ3v) is 5.99. The van der Waals surface area contributed by atoms with Crippen molar-refractivity contribution in [3.63, 3.8) is 0 Å². The largest absolute Gasteiger partial charge is 0.335 e. The summed E-state index contributed by atoms with van der Waals surface area (Å²) in [5, 5.41) is 6.16. The molecule has 3 rings (SSSR count). The first-order valence-corrected chi connectivity index (χ1v) is 10.2. The first-order chi connectivity index (χ1) is 12.0. The van der Waals surface area contributed by atoms with Crippen LogP contribution in [0.5, 0.6) is 0 Å². The van der Waals surface area contributed by atoms with Crippen molar-refractivity contribution in [1.82, 2.24) is 15.5 Å². The Morgan fingerprint density at radius 2 is 2.04 bits per heavy atom. The van der Waals surface area contributed by atoms with E-state index < -0.39 is 0 Å². The minimum absolute atomic E-state index is 0.104. The predicted octanol–water partition coefficient (Wildman–Crippen LogP) is 3.78. The van der Waals surface area contributed by atoms with E-state index in [2.05, 4.69) is 29.4 Å². The standard InChI is InChI=1S/C19H28FN3OS/c1-13(2)12-23-8-5-15(6-9-23)21-19(24)22-17-7-10-25-18-4-3-14(20)11-16(17)18/h3-4,11,13,15,17H,5-10,12H2,1-2H3,(H2,21,22,24). The van der Waals surface area contributed by atoms with Gasteiger partial charge >= 0.3 is 6.03 Å². The molecule has 1 aromatic carbocycles. The second-order valence-electron chi connectivity index (χ2n) is 7.46. The Morgan fingerprint density at radius 1 is 1.28 bits per heavy atom. The summed E-state index contributed by atoms with van der Waals surface area (Å²) in [7, 11) is 0. The van der Waals surface area contributed by atoms with Crippen molar-refractivity contribution < 1.29 is 9.18 Å². The van der Waals surface area contributed by atoms with Crippen LogP contribution in [0.4, 0.5) is 9.18 Å². The van der Waals surface area contributed by atoms with Crippen LogP contribution in [-0.4, -0.2) is 42.4 Å². The van der Waals surface area contributed by atoms with Crippen molar-refractivity contribution in [3.8, 4) is 0 Å². The van der Waals surface area contributed by atoms with E-state index in [-0.39, 0.29) is 23.9 Å². The maximum Gasteiger partial charge on any atom is 0.315 e. The summed E-state index contributed by atoms with van der Waals surface area (Å²) in [6.45, 7) is 7.68. The number of hydrogen-bond donors (Lipinski definition) is 2. The summed E-state index contributed by atoms with van der Waals surface area (Å²) < 4.78 is 13.6. The Balaban J connectivity index is 1.50. The molecule has 6 heteroatoms. The number of carbonyl (C=O) groups excluding carboxylic acids is 1. The molecule has 0 bridgehead atoms. The second-order valence-corrected chi connectivity index (χ2v) is 8.60. The lowest BCUT2D eigenvalue weighted by Crippen LogP contribution is -2.49. The van der Waals surface area contributed by atoms with Crippen LogP contribution in [-0.2, 0) is 0 Å². The van der Waals surface area contributed by atoms with E-state index in [4.69, 9.17) is 0 Å². The summed E-state index contributed by atoms with van der Waals surface area (Å²) in [5.41, 5.74) is 0.901. The smallest absolute Gasteiger partial charge is 0.315 e. The Morgan fingerprint density at radius 3 is 2.76 bits per heavy atom. The number of benzene rings is 1. The van der Waals surface area contributed by atoms with Gasteiger partial charge < -0.3 is 15.5 Å². The van der Waals surface area contributed by atoms with Gasteiger partial charge in [-0.15, -0.1) is 11.8 Å². The lowest BCUT2D eigenvalue weighted by atomic mass is 10.0. The van der Waals surface area contributed by atoms with Crippen LogP contribution in [0.1, 0.15) is 44.7 Å². The molecule has 2 aliphatic heterocycles. The summed E-state index contributed by atoms with van der Waals surface area (Å²) >= 11 is 1.72. The molecule has 1 aromatic rings. The molecule has 2 N–H and O–H groups in total. The molecule has 1 fully saturated rings. The molecule has 4 nitrogen and oxygen atoms in total. The van der Waals surface area contributed by atoms with Crippen LogP contribution in [0.2, 0.25) is 0 Å². The Labute approximate surface area is 153 Å². The van der Waals surface area contributed by atoms with Crippen LogP contribution < -0.4 is 10.6 Å². The number of halogens is 1. The lowest BCUT2D eigenvalue weighted by Gasteiger charge is -2.34. The van der Waals surface area contributed by atoms with Crippen molar-refractivity contribution in [2.24, 2.45) is 5.92 Å². The van der Waals surface area contributed by atoms with E-state index in [9.17, 15) is 9.18 Å². The van der Waals surface area contributed by atoms with Gasteiger partial charge in [0.05, 0.1) is 6.04 Å². The van der Waals surface area contributed by atoms with E-state index in [1.54, 1.807) is 17.8 Å². The minimum Gasteiger partial charge on any atom is -0.335 e. The molecule has 0 spiro atoms. The van der Waals surface area contributed by atoms with Gasteiger partial charge in [0.2, 0.25) is 0 Å².